The maximum absolute atomic E-state index is 5.42. The Morgan fingerprint density at radius 1 is 1.24 bits per heavy atom. The summed E-state index contributed by atoms with van der Waals surface area (Å²) in [5.41, 5.74) is 1.22. The molecule has 1 unspecified atom stereocenters. The van der Waals surface area contributed by atoms with E-state index in [0.29, 0.717) is 6.04 Å². The van der Waals surface area contributed by atoms with E-state index in [1.54, 1.807) is 7.11 Å². The molecule has 2 N–H and O–H groups in total. The molecule has 0 amide bonds. The Morgan fingerprint density at radius 2 is 2.04 bits per heavy atom. The number of aliphatic imine (C=N–C) groups is 1. The Morgan fingerprint density at radius 3 is 2.80 bits per heavy atom. The van der Waals surface area contributed by atoms with Crippen LogP contribution in [0.5, 0.6) is 5.75 Å². The standard InChI is InChI=1S/C20H32N4O/c1-21-20(22-13-11-16-7-3-6-10-19(16)25-2)23-17-12-14-24(15-17)18-8-4-5-9-18/h3,6-7,10,17-18H,4-5,8-9,11-15H2,1-2H3,(H2,21,22,23). The minimum atomic E-state index is 0.512. The molecule has 1 aliphatic carbocycles. The van der Waals surface area contributed by atoms with Crippen LogP contribution < -0.4 is 15.4 Å². The van der Waals surface area contributed by atoms with Gasteiger partial charge in [0.05, 0.1) is 7.11 Å². The maximum atomic E-state index is 5.42. The van der Waals surface area contributed by atoms with Crippen LogP contribution in [0.1, 0.15) is 37.7 Å². The third-order valence-electron chi connectivity index (χ3n) is 5.50. The number of guanidine groups is 1. The van der Waals surface area contributed by atoms with Gasteiger partial charge in [0, 0.05) is 38.8 Å². The Labute approximate surface area is 151 Å². The summed E-state index contributed by atoms with van der Waals surface area (Å²) in [5, 5.41) is 7.05. The molecular weight excluding hydrogens is 312 g/mol. The number of likely N-dealkylation sites (tertiary alicyclic amines) is 1. The second-order valence-corrected chi connectivity index (χ2v) is 7.12. The van der Waals surface area contributed by atoms with E-state index >= 15 is 0 Å². The number of para-hydroxylation sites is 1. The van der Waals surface area contributed by atoms with E-state index in [2.05, 4.69) is 32.7 Å². The van der Waals surface area contributed by atoms with E-state index in [4.69, 9.17) is 4.74 Å². The van der Waals surface area contributed by atoms with Crippen LogP contribution in [0, 0.1) is 0 Å². The lowest BCUT2D eigenvalue weighted by molar-refractivity contribution is 0.242. The lowest BCUT2D eigenvalue weighted by Gasteiger charge is -2.24. The summed E-state index contributed by atoms with van der Waals surface area (Å²) in [6.07, 6.45) is 7.72. The highest BCUT2D eigenvalue weighted by Gasteiger charge is 2.30. The van der Waals surface area contributed by atoms with Crippen LogP contribution in [0.2, 0.25) is 0 Å². The largest absolute Gasteiger partial charge is 0.496 e. The van der Waals surface area contributed by atoms with Crippen molar-refractivity contribution in [3.8, 4) is 5.75 Å². The van der Waals surface area contributed by atoms with Crippen molar-refractivity contribution in [3.05, 3.63) is 29.8 Å². The van der Waals surface area contributed by atoms with Gasteiger partial charge in [-0.25, -0.2) is 0 Å². The number of hydrogen-bond acceptors (Lipinski definition) is 3. The summed E-state index contributed by atoms with van der Waals surface area (Å²) in [5.74, 6) is 1.86. The molecule has 1 atom stereocenters. The lowest BCUT2D eigenvalue weighted by atomic mass is 10.1. The monoisotopic (exact) mass is 344 g/mol. The fourth-order valence-corrected chi connectivity index (χ4v) is 4.12. The van der Waals surface area contributed by atoms with Gasteiger partial charge in [-0.2, -0.15) is 0 Å². The molecule has 0 spiro atoms. The zero-order valence-electron chi connectivity index (χ0n) is 15.6. The molecule has 2 aliphatic rings. The molecule has 5 heteroatoms. The topological polar surface area (TPSA) is 48.9 Å². The van der Waals surface area contributed by atoms with Gasteiger partial charge >= 0.3 is 0 Å². The van der Waals surface area contributed by atoms with Gasteiger partial charge in [-0.05, 0) is 37.3 Å². The highest BCUT2D eigenvalue weighted by molar-refractivity contribution is 5.80. The smallest absolute Gasteiger partial charge is 0.191 e. The van der Waals surface area contributed by atoms with E-state index in [1.165, 1.54) is 44.2 Å². The van der Waals surface area contributed by atoms with Crippen molar-refractivity contribution >= 4 is 5.96 Å². The number of hydrogen-bond donors (Lipinski definition) is 2. The van der Waals surface area contributed by atoms with Gasteiger partial charge in [-0.3, -0.25) is 9.89 Å². The van der Waals surface area contributed by atoms with E-state index < -0.39 is 0 Å². The summed E-state index contributed by atoms with van der Waals surface area (Å²) in [7, 11) is 3.57. The van der Waals surface area contributed by atoms with Crippen LogP contribution >= 0.6 is 0 Å². The minimum Gasteiger partial charge on any atom is -0.496 e. The Balaban J connectivity index is 1.42. The molecule has 0 aromatic heterocycles. The first-order chi connectivity index (χ1) is 12.3. The van der Waals surface area contributed by atoms with Crippen molar-refractivity contribution in [1.29, 1.82) is 0 Å². The average molecular weight is 345 g/mol. The fourth-order valence-electron chi connectivity index (χ4n) is 4.12. The van der Waals surface area contributed by atoms with E-state index in [-0.39, 0.29) is 0 Å². The predicted octanol–water partition coefficient (Wildman–Crippen LogP) is 2.42. The van der Waals surface area contributed by atoms with Crippen molar-refractivity contribution in [2.75, 3.05) is 33.8 Å². The van der Waals surface area contributed by atoms with Crippen molar-refractivity contribution in [2.24, 2.45) is 4.99 Å². The SMILES string of the molecule is CN=C(NCCc1ccccc1OC)NC1CCN(C2CCCC2)C1. The van der Waals surface area contributed by atoms with Crippen molar-refractivity contribution < 1.29 is 4.74 Å². The zero-order valence-corrected chi connectivity index (χ0v) is 15.6. The molecule has 1 saturated heterocycles. The molecule has 1 aromatic carbocycles. The van der Waals surface area contributed by atoms with Crippen molar-refractivity contribution in [3.63, 3.8) is 0 Å². The van der Waals surface area contributed by atoms with E-state index in [1.807, 2.05) is 19.2 Å². The predicted molar refractivity (Wildman–Crippen MR) is 103 cm³/mol. The minimum absolute atomic E-state index is 0.512. The Bertz CT molecular complexity index is 569. The van der Waals surface area contributed by atoms with Crippen LogP contribution in [-0.4, -0.2) is 56.7 Å². The molecule has 1 aromatic rings. The summed E-state index contributed by atoms with van der Waals surface area (Å²) < 4.78 is 5.42. The Hall–Kier alpha value is -1.75. The molecule has 3 rings (SSSR count). The van der Waals surface area contributed by atoms with Crippen LogP contribution in [0.25, 0.3) is 0 Å². The molecule has 5 nitrogen and oxygen atoms in total. The molecule has 0 bridgehead atoms. The lowest BCUT2D eigenvalue weighted by Crippen LogP contribution is -2.45. The van der Waals surface area contributed by atoms with Gasteiger partial charge in [0.15, 0.2) is 5.96 Å². The molecule has 2 fully saturated rings. The molecular formula is C20H32N4O. The molecule has 1 aliphatic heterocycles. The quantitative estimate of drug-likeness (QED) is 0.615. The van der Waals surface area contributed by atoms with Crippen molar-refractivity contribution in [1.82, 2.24) is 15.5 Å². The van der Waals surface area contributed by atoms with Gasteiger partial charge < -0.3 is 15.4 Å². The molecule has 1 saturated carbocycles. The van der Waals surface area contributed by atoms with Crippen molar-refractivity contribution in [2.45, 2.75) is 50.6 Å². The normalized spacial score (nSPS) is 22.3. The van der Waals surface area contributed by atoms with Gasteiger partial charge in [0.25, 0.3) is 0 Å². The van der Waals surface area contributed by atoms with Crippen LogP contribution in [0.15, 0.2) is 29.3 Å². The first-order valence-electron chi connectivity index (χ1n) is 9.63. The highest BCUT2D eigenvalue weighted by atomic mass is 16.5. The highest BCUT2D eigenvalue weighted by Crippen LogP contribution is 2.26. The number of nitrogens with one attached hydrogen (secondary N) is 2. The summed E-state index contributed by atoms with van der Waals surface area (Å²) >= 11 is 0. The van der Waals surface area contributed by atoms with Gasteiger partial charge in [0.2, 0.25) is 0 Å². The third kappa shape index (κ3) is 4.88. The number of ether oxygens (including phenoxy) is 1. The van der Waals surface area contributed by atoms with Crippen LogP contribution in [-0.2, 0) is 6.42 Å². The second kappa shape index (κ2) is 9.09. The summed E-state index contributed by atoms with van der Waals surface area (Å²) in [6.45, 7) is 3.22. The molecule has 138 valence electrons. The average Bonchev–Trinajstić information content (AvgIpc) is 3.32. The number of nitrogens with zero attached hydrogens (tertiary/aromatic N) is 2. The molecule has 25 heavy (non-hydrogen) atoms. The summed E-state index contributed by atoms with van der Waals surface area (Å²) in [6, 6.07) is 9.53. The second-order valence-electron chi connectivity index (χ2n) is 7.12. The Kier molecular flexibility index (Phi) is 6.56. The number of methoxy groups -OCH3 is 1. The van der Waals surface area contributed by atoms with E-state index in [9.17, 15) is 0 Å². The van der Waals surface area contributed by atoms with Gasteiger partial charge in [-0.1, -0.05) is 31.0 Å². The van der Waals surface area contributed by atoms with Gasteiger partial charge in [-0.15, -0.1) is 0 Å². The van der Waals surface area contributed by atoms with Crippen LogP contribution in [0.3, 0.4) is 0 Å². The first kappa shape index (κ1) is 18.1. The molecule has 0 radical (unpaired) electrons. The number of benzene rings is 1. The zero-order chi connectivity index (χ0) is 17.5. The fraction of sp³-hybridized carbons (Fsp3) is 0.650. The molecule has 1 heterocycles. The summed E-state index contributed by atoms with van der Waals surface area (Å²) in [4.78, 5) is 7.07. The van der Waals surface area contributed by atoms with Gasteiger partial charge in [0.1, 0.15) is 5.75 Å². The first-order valence-corrected chi connectivity index (χ1v) is 9.63. The van der Waals surface area contributed by atoms with E-state index in [0.717, 1.165) is 37.3 Å². The third-order valence-corrected chi connectivity index (χ3v) is 5.50. The maximum Gasteiger partial charge on any atom is 0.191 e. The van der Waals surface area contributed by atoms with Crippen LogP contribution in [0.4, 0.5) is 0 Å². The number of rotatable bonds is 6.